The van der Waals surface area contributed by atoms with Gasteiger partial charge < -0.3 is 33.2 Å². The van der Waals surface area contributed by atoms with E-state index in [-0.39, 0.29) is 42.9 Å². The molecule has 0 bridgehead atoms. The van der Waals surface area contributed by atoms with E-state index in [1.165, 1.54) is 0 Å². The smallest absolute Gasteiger partial charge is 0.161 e. The van der Waals surface area contributed by atoms with Crippen molar-refractivity contribution in [2.75, 3.05) is 7.11 Å². The van der Waals surface area contributed by atoms with Crippen LogP contribution in [-0.2, 0) is 53.0 Å². The van der Waals surface area contributed by atoms with E-state index in [9.17, 15) is 0 Å². The monoisotopic (exact) mass is 562 g/mol. The van der Waals surface area contributed by atoms with E-state index in [1.807, 2.05) is 68.4 Å². The van der Waals surface area contributed by atoms with E-state index in [2.05, 4.69) is 36.4 Å². The van der Waals surface area contributed by atoms with Crippen molar-refractivity contribution in [3.63, 3.8) is 0 Å². The summed E-state index contributed by atoms with van der Waals surface area (Å²) in [5.41, 5.74) is 3.33. The summed E-state index contributed by atoms with van der Waals surface area (Å²) in [6, 6.07) is 30.5. The molecule has 0 aliphatic carbocycles. The molecule has 5 rings (SSSR count). The Morgan fingerprint density at radius 1 is 0.561 bits per heavy atom. The Morgan fingerprint density at radius 3 is 1.49 bits per heavy atom. The molecule has 2 heterocycles. The third kappa shape index (κ3) is 8.46. The van der Waals surface area contributed by atoms with Gasteiger partial charge in [0.25, 0.3) is 0 Å². The lowest BCUT2D eigenvalue weighted by molar-refractivity contribution is -0.320. The van der Waals surface area contributed by atoms with E-state index in [0.29, 0.717) is 32.7 Å². The Morgan fingerprint density at radius 2 is 0.976 bits per heavy atom. The third-order valence-corrected chi connectivity index (χ3v) is 7.71. The van der Waals surface area contributed by atoms with Crippen LogP contribution < -0.4 is 0 Å². The molecular weight excluding hydrogens is 520 g/mol. The molecule has 0 spiro atoms. The third-order valence-electron chi connectivity index (χ3n) is 7.71. The number of hydrogen-bond acceptors (Lipinski definition) is 7. The van der Waals surface area contributed by atoms with Crippen molar-refractivity contribution >= 4 is 0 Å². The molecule has 3 aromatic carbocycles. The van der Waals surface area contributed by atoms with Crippen LogP contribution in [0.1, 0.15) is 43.4 Å². The van der Waals surface area contributed by atoms with Crippen molar-refractivity contribution in [2.24, 2.45) is 0 Å². The van der Waals surface area contributed by atoms with E-state index >= 15 is 0 Å². The number of ether oxygens (including phenoxy) is 7. The van der Waals surface area contributed by atoms with Crippen molar-refractivity contribution in [2.45, 2.75) is 95.7 Å². The van der Waals surface area contributed by atoms with E-state index < -0.39 is 6.29 Å². The lowest BCUT2D eigenvalue weighted by atomic mass is 9.99. The van der Waals surface area contributed by atoms with Gasteiger partial charge in [-0.25, -0.2) is 0 Å². The van der Waals surface area contributed by atoms with Gasteiger partial charge >= 0.3 is 0 Å². The number of rotatable bonds is 12. The quantitative estimate of drug-likeness (QED) is 0.267. The fourth-order valence-electron chi connectivity index (χ4n) is 5.50. The molecule has 0 radical (unpaired) electrons. The summed E-state index contributed by atoms with van der Waals surface area (Å²) < 4.78 is 44.0. The molecule has 2 aliphatic rings. The van der Waals surface area contributed by atoms with Gasteiger partial charge in [0.2, 0.25) is 0 Å². The minimum atomic E-state index is -0.500. The first-order valence-corrected chi connectivity index (χ1v) is 14.5. The van der Waals surface area contributed by atoms with E-state index in [0.717, 1.165) is 16.7 Å². The fraction of sp³-hybridized carbons (Fsp3) is 0.471. The Bertz CT molecular complexity index is 1150. The molecule has 41 heavy (non-hydrogen) atoms. The molecule has 0 N–H and O–H groups in total. The Kier molecular flexibility index (Phi) is 10.9. The summed E-state index contributed by atoms with van der Waals surface area (Å²) in [7, 11) is 1.66. The molecule has 0 aromatic heterocycles. The van der Waals surface area contributed by atoms with Crippen LogP contribution in [0.25, 0.3) is 0 Å². The number of methoxy groups -OCH3 is 1. The predicted octanol–water partition coefficient (Wildman–Crippen LogP) is 6.04. The van der Waals surface area contributed by atoms with Crippen molar-refractivity contribution in [1.82, 2.24) is 0 Å². The van der Waals surface area contributed by atoms with E-state index in [4.69, 9.17) is 33.2 Å². The summed E-state index contributed by atoms with van der Waals surface area (Å²) in [6.45, 7) is 5.47. The maximum atomic E-state index is 6.64. The van der Waals surface area contributed by atoms with Crippen LogP contribution >= 0.6 is 0 Å². The van der Waals surface area contributed by atoms with Gasteiger partial charge in [-0.15, -0.1) is 0 Å². The largest absolute Gasteiger partial charge is 0.371 e. The van der Waals surface area contributed by atoms with Gasteiger partial charge in [-0.05, 0) is 30.5 Å². The molecule has 0 saturated carbocycles. The van der Waals surface area contributed by atoms with Crippen LogP contribution in [0, 0.1) is 0 Å². The molecule has 7 heteroatoms. The number of hydrogen-bond donors (Lipinski definition) is 0. The maximum absolute atomic E-state index is 6.64. The average Bonchev–Trinajstić information content (AvgIpc) is 3.01. The average molecular weight is 563 g/mol. The Balaban J connectivity index is 1.27. The first-order chi connectivity index (χ1) is 20.1. The molecule has 3 aromatic rings. The van der Waals surface area contributed by atoms with Gasteiger partial charge in [-0.1, -0.05) is 91.0 Å². The van der Waals surface area contributed by atoms with Crippen LogP contribution in [0.3, 0.4) is 0 Å². The molecule has 220 valence electrons. The predicted molar refractivity (Wildman–Crippen MR) is 155 cm³/mol. The first-order valence-electron chi connectivity index (χ1n) is 14.5. The van der Waals surface area contributed by atoms with Gasteiger partial charge in [0.05, 0.1) is 44.2 Å². The minimum Gasteiger partial charge on any atom is -0.371 e. The van der Waals surface area contributed by atoms with Gasteiger partial charge in [0.15, 0.2) is 12.6 Å². The minimum absolute atomic E-state index is 0.220. The summed E-state index contributed by atoms with van der Waals surface area (Å²) in [5, 5.41) is 0. The van der Waals surface area contributed by atoms with Crippen LogP contribution in [0.2, 0.25) is 0 Å². The molecule has 0 amide bonds. The highest BCUT2D eigenvalue weighted by Crippen LogP contribution is 2.32. The highest BCUT2D eigenvalue weighted by atomic mass is 16.7. The summed E-state index contributed by atoms with van der Waals surface area (Å²) in [4.78, 5) is 0. The molecule has 2 fully saturated rings. The Labute approximate surface area is 243 Å². The lowest BCUT2D eigenvalue weighted by Gasteiger charge is -2.44. The van der Waals surface area contributed by atoms with Gasteiger partial charge in [0.1, 0.15) is 12.2 Å². The fourth-order valence-corrected chi connectivity index (χ4v) is 5.50. The second-order valence-corrected chi connectivity index (χ2v) is 10.8. The van der Waals surface area contributed by atoms with Gasteiger partial charge in [-0.3, -0.25) is 0 Å². The van der Waals surface area contributed by atoms with Gasteiger partial charge in [-0.2, -0.15) is 0 Å². The lowest BCUT2D eigenvalue weighted by Crippen LogP contribution is -2.55. The van der Waals surface area contributed by atoms with E-state index in [1.54, 1.807) is 7.11 Å². The Hall–Kier alpha value is -2.62. The van der Waals surface area contributed by atoms with Crippen LogP contribution in [-0.4, -0.2) is 56.3 Å². The topological polar surface area (TPSA) is 64.6 Å². The highest BCUT2D eigenvalue weighted by molar-refractivity contribution is 5.15. The summed E-state index contributed by atoms with van der Waals surface area (Å²) >= 11 is 0. The standard InChI is InChI=1S/C34H42O7/c1-24-33(38-23-28-17-11-6-12-18-28)29(36-21-26-13-7-4-8-14-26)20-32(40-24)41-34-25(2)39-31(35-3)19-30(34)37-22-27-15-9-5-10-16-27/h4-18,24-25,29-34H,19-23H2,1-3H3/t24-,25-,29-,30-,31+,32-,33-,34-/m1/s1. The van der Waals surface area contributed by atoms with Crippen LogP contribution in [0.5, 0.6) is 0 Å². The molecule has 8 atom stereocenters. The molecule has 7 nitrogen and oxygen atoms in total. The van der Waals surface area contributed by atoms with Crippen LogP contribution in [0.15, 0.2) is 91.0 Å². The van der Waals surface area contributed by atoms with Crippen molar-refractivity contribution in [3.05, 3.63) is 108 Å². The highest BCUT2D eigenvalue weighted by Gasteiger charge is 2.44. The number of benzene rings is 3. The molecule has 2 aliphatic heterocycles. The molecule has 0 unspecified atom stereocenters. The SMILES string of the molecule is CO[C@@H]1C[C@@H](OCc2ccccc2)[C@H](O[C@@H]2C[C@@H](OCc3ccccc3)[C@H](OCc3ccccc3)[C@@H](C)O2)[C@@H](C)O1. The zero-order chi connectivity index (χ0) is 28.4. The van der Waals surface area contributed by atoms with Crippen molar-refractivity contribution < 1.29 is 33.2 Å². The van der Waals surface area contributed by atoms with Crippen molar-refractivity contribution in [1.29, 1.82) is 0 Å². The first kappa shape index (κ1) is 29.9. The zero-order valence-corrected chi connectivity index (χ0v) is 24.2. The maximum Gasteiger partial charge on any atom is 0.161 e. The van der Waals surface area contributed by atoms with Crippen molar-refractivity contribution in [3.8, 4) is 0 Å². The van der Waals surface area contributed by atoms with Crippen LogP contribution in [0.4, 0.5) is 0 Å². The van der Waals surface area contributed by atoms with Gasteiger partial charge in [0, 0.05) is 20.0 Å². The molecule has 2 saturated heterocycles. The normalized spacial score (nSPS) is 30.2. The molecular formula is C34H42O7. The second kappa shape index (κ2) is 15.0. The summed E-state index contributed by atoms with van der Waals surface area (Å²) in [6.07, 6.45) is -1.27. The zero-order valence-electron chi connectivity index (χ0n) is 24.2. The second-order valence-electron chi connectivity index (χ2n) is 10.8. The summed E-state index contributed by atoms with van der Waals surface area (Å²) in [5.74, 6) is 0.